The first kappa shape index (κ1) is 23.1. The Morgan fingerprint density at radius 3 is 2.00 bits per heavy atom. The summed E-state index contributed by atoms with van der Waals surface area (Å²) in [7, 11) is -3.07. The molecule has 2 atom stereocenters. The van der Waals surface area contributed by atoms with E-state index in [2.05, 4.69) is 53.4 Å². The molecule has 2 aromatic carbocycles. The summed E-state index contributed by atoms with van der Waals surface area (Å²) in [6.07, 6.45) is 0.667. The summed E-state index contributed by atoms with van der Waals surface area (Å²) in [4.78, 5) is 31.8. The minimum absolute atomic E-state index is 0.0207. The summed E-state index contributed by atoms with van der Waals surface area (Å²) >= 11 is 0. The Kier molecular flexibility index (Phi) is 6.44. The topological polar surface area (TPSA) is 78.0 Å². The predicted molar refractivity (Wildman–Crippen MR) is 130 cm³/mol. The van der Waals surface area contributed by atoms with Gasteiger partial charge in [0.1, 0.15) is 0 Å². The van der Waals surface area contributed by atoms with Crippen LogP contribution in [0.3, 0.4) is 0 Å². The number of piperazine rings is 1. The van der Waals surface area contributed by atoms with E-state index in [0.717, 1.165) is 13.1 Å². The van der Waals surface area contributed by atoms with E-state index in [1.54, 1.807) is 4.90 Å². The van der Waals surface area contributed by atoms with Gasteiger partial charge in [0.05, 0.1) is 23.5 Å². The van der Waals surface area contributed by atoms with E-state index in [9.17, 15) is 18.0 Å². The van der Waals surface area contributed by atoms with Crippen molar-refractivity contribution in [2.24, 2.45) is 5.92 Å². The molecule has 7 nitrogen and oxygen atoms in total. The van der Waals surface area contributed by atoms with Gasteiger partial charge in [0.2, 0.25) is 11.8 Å². The average molecular weight is 482 g/mol. The lowest BCUT2D eigenvalue weighted by atomic mass is 9.96. The molecule has 0 spiro atoms. The van der Waals surface area contributed by atoms with E-state index < -0.39 is 9.84 Å². The highest BCUT2D eigenvalue weighted by Gasteiger charge is 2.43. The SMILES string of the molecule is O=C(C1CC(=O)N(C2CCS(=O)(=O)C2)C1)N1CCN(C(c2ccccc2)c2ccccc2)CC1. The molecule has 2 aromatic rings. The Hall–Kier alpha value is -2.71. The Morgan fingerprint density at radius 2 is 1.47 bits per heavy atom. The van der Waals surface area contributed by atoms with Crippen LogP contribution in [0, 0.1) is 5.92 Å². The van der Waals surface area contributed by atoms with Crippen molar-refractivity contribution in [2.45, 2.75) is 24.9 Å². The first-order valence-electron chi connectivity index (χ1n) is 12.0. The molecular weight excluding hydrogens is 450 g/mol. The number of carbonyl (C=O) groups is 2. The van der Waals surface area contributed by atoms with Gasteiger partial charge in [0, 0.05) is 45.2 Å². The number of hydrogen-bond acceptors (Lipinski definition) is 5. The van der Waals surface area contributed by atoms with Gasteiger partial charge in [0.15, 0.2) is 9.84 Å². The van der Waals surface area contributed by atoms with Gasteiger partial charge in [0.25, 0.3) is 0 Å². The van der Waals surface area contributed by atoms with Crippen LogP contribution in [0.4, 0.5) is 0 Å². The molecule has 0 radical (unpaired) electrons. The van der Waals surface area contributed by atoms with Crippen molar-refractivity contribution in [1.29, 1.82) is 0 Å². The number of benzene rings is 2. The van der Waals surface area contributed by atoms with Crippen molar-refractivity contribution in [3.05, 3.63) is 71.8 Å². The first-order chi connectivity index (χ1) is 16.4. The lowest BCUT2D eigenvalue weighted by Crippen LogP contribution is -2.51. The maximum absolute atomic E-state index is 13.3. The zero-order valence-corrected chi connectivity index (χ0v) is 20.1. The maximum atomic E-state index is 13.3. The van der Waals surface area contributed by atoms with Crippen LogP contribution in [0.1, 0.15) is 30.0 Å². The van der Waals surface area contributed by atoms with E-state index in [1.165, 1.54) is 11.1 Å². The van der Waals surface area contributed by atoms with Crippen LogP contribution in [0.2, 0.25) is 0 Å². The summed E-state index contributed by atoms with van der Waals surface area (Å²) in [5.41, 5.74) is 2.47. The third-order valence-corrected chi connectivity index (χ3v) is 9.13. The number of amides is 2. The molecule has 0 bridgehead atoms. The molecule has 0 aromatic heterocycles. The van der Waals surface area contributed by atoms with Crippen molar-refractivity contribution in [3.8, 4) is 0 Å². The highest BCUT2D eigenvalue weighted by Crippen LogP contribution is 2.31. The Labute approximate surface area is 201 Å². The van der Waals surface area contributed by atoms with E-state index >= 15 is 0 Å². The van der Waals surface area contributed by atoms with E-state index in [4.69, 9.17) is 0 Å². The molecule has 0 N–H and O–H groups in total. The molecule has 3 aliphatic rings. The molecule has 2 amide bonds. The van der Waals surface area contributed by atoms with E-state index in [-0.39, 0.29) is 47.7 Å². The molecule has 3 aliphatic heterocycles. The first-order valence-corrected chi connectivity index (χ1v) is 13.9. The summed E-state index contributed by atoms with van der Waals surface area (Å²) in [6.45, 7) is 3.10. The van der Waals surface area contributed by atoms with E-state index in [1.807, 2.05) is 17.0 Å². The number of nitrogens with zero attached hydrogens (tertiary/aromatic N) is 3. The van der Waals surface area contributed by atoms with Crippen LogP contribution in [0.15, 0.2) is 60.7 Å². The molecule has 0 aliphatic carbocycles. The maximum Gasteiger partial charge on any atom is 0.228 e. The zero-order chi connectivity index (χ0) is 23.7. The van der Waals surface area contributed by atoms with Gasteiger partial charge in [-0.25, -0.2) is 8.42 Å². The molecule has 8 heteroatoms. The second kappa shape index (κ2) is 9.50. The van der Waals surface area contributed by atoms with Gasteiger partial charge < -0.3 is 9.80 Å². The monoisotopic (exact) mass is 481 g/mol. The van der Waals surface area contributed by atoms with Crippen LogP contribution < -0.4 is 0 Å². The van der Waals surface area contributed by atoms with Crippen LogP contribution in [-0.2, 0) is 19.4 Å². The van der Waals surface area contributed by atoms with Crippen molar-refractivity contribution < 1.29 is 18.0 Å². The minimum atomic E-state index is -3.07. The highest BCUT2D eigenvalue weighted by atomic mass is 32.2. The largest absolute Gasteiger partial charge is 0.340 e. The summed E-state index contributed by atoms with van der Waals surface area (Å²) in [5.74, 6) is -0.286. The average Bonchev–Trinajstić information content (AvgIpc) is 3.42. The Bertz CT molecular complexity index is 1090. The second-order valence-electron chi connectivity index (χ2n) is 9.59. The van der Waals surface area contributed by atoms with Crippen LogP contribution in [0.5, 0.6) is 0 Å². The van der Waals surface area contributed by atoms with Gasteiger partial charge >= 0.3 is 0 Å². The molecule has 3 heterocycles. The number of sulfone groups is 1. The normalized spacial score (nSPS) is 25.3. The van der Waals surface area contributed by atoms with Crippen LogP contribution in [0.25, 0.3) is 0 Å². The molecule has 2 unspecified atom stereocenters. The van der Waals surface area contributed by atoms with Crippen molar-refractivity contribution >= 4 is 21.7 Å². The van der Waals surface area contributed by atoms with Crippen molar-refractivity contribution in [2.75, 3.05) is 44.2 Å². The number of carbonyl (C=O) groups excluding carboxylic acids is 2. The summed E-state index contributed by atoms with van der Waals surface area (Å²) < 4.78 is 23.7. The van der Waals surface area contributed by atoms with Gasteiger partial charge in [-0.2, -0.15) is 0 Å². The minimum Gasteiger partial charge on any atom is -0.340 e. The molecule has 180 valence electrons. The lowest BCUT2D eigenvalue weighted by molar-refractivity contribution is -0.137. The Morgan fingerprint density at radius 1 is 0.882 bits per heavy atom. The molecule has 3 fully saturated rings. The smallest absolute Gasteiger partial charge is 0.228 e. The molecule has 0 saturated carbocycles. The standard InChI is InChI=1S/C26H31N3O4S/c30-24-17-22(18-29(24)23-11-16-34(32,33)19-23)26(31)28-14-12-27(13-15-28)25(20-7-3-1-4-8-20)21-9-5-2-6-10-21/h1-10,22-23,25H,11-19H2. The van der Waals surface area contributed by atoms with Crippen LogP contribution >= 0.6 is 0 Å². The quantitative estimate of drug-likeness (QED) is 0.653. The molecular formula is C26H31N3O4S. The molecule has 3 saturated heterocycles. The van der Waals surface area contributed by atoms with Gasteiger partial charge in [-0.1, -0.05) is 60.7 Å². The van der Waals surface area contributed by atoms with Crippen molar-refractivity contribution in [3.63, 3.8) is 0 Å². The number of rotatable bonds is 5. The zero-order valence-electron chi connectivity index (χ0n) is 19.3. The fourth-order valence-corrected chi connectivity index (χ4v) is 7.35. The van der Waals surface area contributed by atoms with Crippen molar-refractivity contribution in [1.82, 2.24) is 14.7 Å². The van der Waals surface area contributed by atoms with E-state index in [0.29, 0.717) is 26.1 Å². The molecule has 34 heavy (non-hydrogen) atoms. The van der Waals surface area contributed by atoms with Gasteiger partial charge in [-0.3, -0.25) is 14.5 Å². The fraction of sp³-hybridized carbons (Fsp3) is 0.462. The van der Waals surface area contributed by atoms with Gasteiger partial charge in [-0.15, -0.1) is 0 Å². The number of likely N-dealkylation sites (tertiary alicyclic amines) is 1. The predicted octanol–water partition coefficient (Wildman–Crippen LogP) is 1.96. The fourth-order valence-electron chi connectivity index (χ4n) is 5.61. The summed E-state index contributed by atoms with van der Waals surface area (Å²) in [5, 5.41) is 0. The second-order valence-corrected chi connectivity index (χ2v) is 11.8. The summed E-state index contributed by atoms with van der Waals surface area (Å²) in [6, 6.07) is 20.7. The number of hydrogen-bond donors (Lipinski definition) is 0. The highest BCUT2D eigenvalue weighted by molar-refractivity contribution is 7.91. The van der Waals surface area contributed by atoms with Crippen LogP contribution in [-0.4, -0.2) is 85.2 Å². The van der Waals surface area contributed by atoms with Gasteiger partial charge in [-0.05, 0) is 17.5 Å². The third kappa shape index (κ3) is 4.74. The molecule has 5 rings (SSSR count). The lowest BCUT2D eigenvalue weighted by Gasteiger charge is -2.40. The third-order valence-electron chi connectivity index (χ3n) is 7.38. The Balaban J connectivity index is 1.23.